The fourth-order valence-corrected chi connectivity index (χ4v) is 3.11. The lowest BCUT2D eigenvalue weighted by atomic mass is 10.1. The Hall–Kier alpha value is -1.74. The Balaban J connectivity index is 2.28. The maximum atomic E-state index is 6.09. The first-order valence-corrected chi connectivity index (χ1v) is 7.58. The number of rotatable bonds is 4. The van der Waals surface area contributed by atoms with Crippen molar-refractivity contribution in [1.82, 2.24) is 0 Å². The lowest BCUT2D eigenvalue weighted by Crippen LogP contribution is -2.22. The van der Waals surface area contributed by atoms with E-state index in [2.05, 4.69) is 47.7 Å². The first-order chi connectivity index (χ1) is 9.35. The molecule has 19 heavy (non-hydrogen) atoms. The van der Waals surface area contributed by atoms with Crippen LogP contribution in [0.4, 0.5) is 5.69 Å². The number of para-hydroxylation sites is 1. The zero-order chi connectivity index (χ0) is 13.2. The number of nitrogens with zero attached hydrogens (tertiary/aromatic N) is 1. The Bertz CT molecular complexity index is 665. The molecule has 98 valence electrons. The number of anilines is 1. The number of fused-ring (bicyclic) bond motifs is 1. The lowest BCUT2D eigenvalue weighted by molar-refractivity contribution is 0.629. The minimum Gasteiger partial charge on any atom is -0.454 e. The van der Waals surface area contributed by atoms with Gasteiger partial charge in [0.1, 0.15) is 5.58 Å². The normalized spacial score (nSPS) is 11.1. The van der Waals surface area contributed by atoms with Crippen molar-refractivity contribution in [2.75, 3.05) is 18.0 Å². The van der Waals surface area contributed by atoms with Gasteiger partial charge in [-0.1, -0.05) is 12.1 Å². The van der Waals surface area contributed by atoms with Gasteiger partial charge in [-0.05, 0) is 37.4 Å². The fraction of sp³-hybridized carbons (Fsp3) is 0.250. The van der Waals surface area contributed by atoms with Gasteiger partial charge < -0.3 is 9.32 Å². The Morgan fingerprint density at radius 2 is 1.89 bits per heavy atom. The highest BCUT2D eigenvalue weighted by atomic mass is 32.1. The average molecular weight is 271 g/mol. The molecular weight excluding hydrogens is 254 g/mol. The molecule has 0 amide bonds. The molecule has 0 spiro atoms. The second-order valence-corrected chi connectivity index (χ2v) is 5.24. The molecule has 0 bridgehead atoms. The van der Waals surface area contributed by atoms with Gasteiger partial charge in [0, 0.05) is 29.4 Å². The third-order valence-corrected chi connectivity index (χ3v) is 4.12. The predicted octanol–water partition coefficient (Wildman–Crippen LogP) is 5.01. The summed E-state index contributed by atoms with van der Waals surface area (Å²) in [6, 6.07) is 10.4. The molecule has 3 heteroatoms. The summed E-state index contributed by atoms with van der Waals surface area (Å²) in [6.45, 7) is 6.33. The highest BCUT2D eigenvalue weighted by Crippen LogP contribution is 2.40. The van der Waals surface area contributed by atoms with E-state index in [1.54, 1.807) is 11.3 Å². The van der Waals surface area contributed by atoms with Gasteiger partial charge in [-0.3, -0.25) is 0 Å². The summed E-state index contributed by atoms with van der Waals surface area (Å²) in [7, 11) is 0. The van der Waals surface area contributed by atoms with E-state index in [0.717, 1.165) is 24.4 Å². The predicted molar refractivity (Wildman–Crippen MR) is 83.1 cm³/mol. The zero-order valence-corrected chi connectivity index (χ0v) is 12.0. The average Bonchev–Trinajstić information content (AvgIpc) is 3.07. The number of thiophene rings is 1. The van der Waals surface area contributed by atoms with Crippen LogP contribution in [0.2, 0.25) is 0 Å². The number of hydrogen-bond acceptors (Lipinski definition) is 3. The number of hydrogen-bond donors (Lipinski definition) is 0. The van der Waals surface area contributed by atoms with Crippen LogP contribution in [0.5, 0.6) is 0 Å². The fourth-order valence-electron chi connectivity index (χ4n) is 2.47. The molecule has 0 atom stereocenters. The van der Waals surface area contributed by atoms with Crippen molar-refractivity contribution >= 4 is 28.0 Å². The molecule has 0 saturated heterocycles. The largest absolute Gasteiger partial charge is 0.454 e. The summed E-state index contributed by atoms with van der Waals surface area (Å²) in [5, 5.41) is 5.44. The third kappa shape index (κ3) is 2.04. The van der Waals surface area contributed by atoms with Gasteiger partial charge in [0.2, 0.25) is 0 Å². The topological polar surface area (TPSA) is 16.4 Å². The van der Waals surface area contributed by atoms with Crippen molar-refractivity contribution in [1.29, 1.82) is 0 Å². The van der Waals surface area contributed by atoms with Gasteiger partial charge in [0.15, 0.2) is 5.76 Å². The van der Waals surface area contributed by atoms with E-state index in [1.165, 1.54) is 16.6 Å². The molecule has 0 fully saturated rings. The monoisotopic (exact) mass is 271 g/mol. The van der Waals surface area contributed by atoms with Crippen LogP contribution < -0.4 is 4.90 Å². The van der Waals surface area contributed by atoms with Gasteiger partial charge in [-0.15, -0.1) is 0 Å². The van der Waals surface area contributed by atoms with E-state index >= 15 is 0 Å². The lowest BCUT2D eigenvalue weighted by Gasteiger charge is -2.20. The highest BCUT2D eigenvalue weighted by Gasteiger charge is 2.19. The first-order valence-electron chi connectivity index (χ1n) is 6.64. The van der Waals surface area contributed by atoms with Crippen LogP contribution in [-0.2, 0) is 0 Å². The summed E-state index contributed by atoms with van der Waals surface area (Å²) in [5.74, 6) is 0.992. The van der Waals surface area contributed by atoms with E-state index in [1.807, 2.05) is 12.1 Å². The van der Waals surface area contributed by atoms with Crippen LogP contribution in [0.1, 0.15) is 13.8 Å². The van der Waals surface area contributed by atoms with E-state index < -0.39 is 0 Å². The van der Waals surface area contributed by atoms with Crippen LogP contribution in [0.15, 0.2) is 45.5 Å². The third-order valence-electron chi connectivity index (χ3n) is 3.43. The van der Waals surface area contributed by atoms with Crippen molar-refractivity contribution < 1.29 is 4.42 Å². The van der Waals surface area contributed by atoms with Crippen molar-refractivity contribution in [3.8, 4) is 11.3 Å². The molecule has 1 aromatic carbocycles. The smallest absolute Gasteiger partial charge is 0.159 e. The summed E-state index contributed by atoms with van der Waals surface area (Å²) >= 11 is 1.70. The van der Waals surface area contributed by atoms with E-state index in [4.69, 9.17) is 4.42 Å². The second kappa shape index (κ2) is 5.10. The molecule has 0 saturated carbocycles. The van der Waals surface area contributed by atoms with Gasteiger partial charge in [-0.25, -0.2) is 0 Å². The molecule has 0 radical (unpaired) electrons. The Morgan fingerprint density at radius 3 is 2.58 bits per heavy atom. The molecule has 2 aromatic heterocycles. The first kappa shape index (κ1) is 12.3. The summed E-state index contributed by atoms with van der Waals surface area (Å²) in [4.78, 5) is 2.36. The SMILES string of the molecule is CCN(CC)c1c(-c2ccsc2)oc2ccccc12. The molecule has 2 heterocycles. The second-order valence-electron chi connectivity index (χ2n) is 4.46. The Morgan fingerprint density at radius 1 is 1.11 bits per heavy atom. The van der Waals surface area contributed by atoms with Gasteiger partial charge >= 0.3 is 0 Å². The standard InChI is InChI=1S/C16H17NOS/c1-3-17(4-2)15-13-7-5-6-8-14(13)18-16(15)12-9-10-19-11-12/h5-11H,3-4H2,1-2H3. The van der Waals surface area contributed by atoms with E-state index in [9.17, 15) is 0 Å². The summed E-state index contributed by atoms with van der Waals surface area (Å²) < 4.78 is 6.09. The minimum atomic E-state index is 0.964. The van der Waals surface area contributed by atoms with Crippen LogP contribution >= 0.6 is 11.3 Å². The molecule has 0 aliphatic heterocycles. The van der Waals surface area contributed by atoms with Gasteiger partial charge in [0.05, 0.1) is 5.69 Å². The highest BCUT2D eigenvalue weighted by molar-refractivity contribution is 7.08. The molecule has 0 aliphatic rings. The van der Waals surface area contributed by atoms with Crippen molar-refractivity contribution in [2.45, 2.75) is 13.8 Å². The van der Waals surface area contributed by atoms with Crippen LogP contribution in [0, 0.1) is 0 Å². The molecule has 0 unspecified atom stereocenters. The molecular formula is C16H17NOS. The number of benzene rings is 1. The Labute approximate surface area is 117 Å². The Kier molecular flexibility index (Phi) is 3.30. The molecule has 0 N–H and O–H groups in total. The summed E-state index contributed by atoms with van der Waals surface area (Å²) in [5.41, 5.74) is 3.35. The van der Waals surface area contributed by atoms with Gasteiger partial charge in [0.25, 0.3) is 0 Å². The molecule has 2 nitrogen and oxygen atoms in total. The quantitative estimate of drug-likeness (QED) is 0.663. The summed E-state index contributed by atoms with van der Waals surface area (Å²) in [6.07, 6.45) is 0. The zero-order valence-electron chi connectivity index (χ0n) is 11.2. The van der Waals surface area contributed by atoms with Crippen LogP contribution in [-0.4, -0.2) is 13.1 Å². The molecule has 0 aliphatic carbocycles. The van der Waals surface area contributed by atoms with E-state index in [-0.39, 0.29) is 0 Å². The van der Waals surface area contributed by atoms with E-state index in [0.29, 0.717) is 0 Å². The maximum absolute atomic E-state index is 6.09. The van der Waals surface area contributed by atoms with Crippen molar-refractivity contribution in [2.24, 2.45) is 0 Å². The van der Waals surface area contributed by atoms with Crippen molar-refractivity contribution in [3.05, 3.63) is 41.1 Å². The molecule has 3 aromatic rings. The van der Waals surface area contributed by atoms with Crippen LogP contribution in [0.25, 0.3) is 22.3 Å². The number of furan rings is 1. The van der Waals surface area contributed by atoms with Crippen LogP contribution in [0.3, 0.4) is 0 Å². The van der Waals surface area contributed by atoms with Crippen molar-refractivity contribution in [3.63, 3.8) is 0 Å². The minimum absolute atomic E-state index is 0.964. The molecule has 3 rings (SSSR count). The maximum Gasteiger partial charge on any atom is 0.159 e. The van der Waals surface area contributed by atoms with Gasteiger partial charge in [-0.2, -0.15) is 11.3 Å².